The van der Waals surface area contributed by atoms with Crippen molar-refractivity contribution in [2.24, 2.45) is 16.2 Å². The summed E-state index contributed by atoms with van der Waals surface area (Å²) in [4.78, 5) is 12.5. The molecule has 0 radical (unpaired) electrons. The molecule has 22 heavy (non-hydrogen) atoms. The van der Waals surface area contributed by atoms with E-state index in [1.54, 1.807) is 27.7 Å². The average molecular weight is 324 g/mol. The zero-order valence-corrected chi connectivity index (χ0v) is 15.0. The number of hydrogen-bond donors (Lipinski definition) is 0. The second-order valence-corrected chi connectivity index (χ2v) is 7.47. The van der Waals surface area contributed by atoms with Gasteiger partial charge >= 0.3 is 12.1 Å². The van der Waals surface area contributed by atoms with Crippen molar-refractivity contribution < 1.29 is 22.7 Å². The number of esters is 1. The molecule has 0 aromatic heterocycles. The van der Waals surface area contributed by atoms with Gasteiger partial charge in [0.05, 0.1) is 6.61 Å². The van der Waals surface area contributed by atoms with Crippen molar-refractivity contribution in [1.82, 2.24) is 0 Å². The van der Waals surface area contributed by atoms with Crippen molar-refractivity contribution in [2.45, 2.75) is 80.3 Å². The zero-order chi connectivity index (χ0) is 17.8. The standard InChI is InChI=1S/C17H31F3O2/c1-8-11-22-13(21)16(17(18,19)20,15(6,7)10-3)12-14(4,5)9-2/h8-12H2,1-7H3. The van der Waals surface area contributed by atoms with E-state index in [4.69, 9.17) is 4.74 Å². The zero-order valence-electron chi connectivity index (χ0n) is 15.0. The Hall–Kier alpha value is -0.740. The van der Waals surface area contributed by atoms with Crippen LogP contribution < -0.4 is 0 Å². The number of carbonyl (C=O) groups is 1. The van der Waals surface area contributed by atoms with Gasteiger partial charge in [-0.1, -0.05) is 54.9 Å². The Morgan fingerprint density at radius 1 is 0.955 bits per heavy atom. The molecule has 0 bridgehead atoms. The van der Waals surface area contributed by atoms with Crippen LogP contribution in [0, 0.1) is 16.2 Å². The van der Waals surface area contributed by atoms with Crippen LogP contribution >= 0.6 is 0 Å². The summed E-state index contributed by atoms with van der Waals surface area (Å²) < 4.78 is 47.3. The smallest absolute Gasteiger partial charge is 0.405 e. The highest BCUT2D eigenvalue weighted by molar-refractivity contribution is 5.79. The summed E-state index contributed by atoms with van der Waals surface area (Å²) in [6.07, 6.45) is -3.60. The van der Waals surface area contributed by atoms with Crippen LogP contribution in [-0.4, -0.2) is 18.8 Å². The number of rotatable bonds is 8. The van der Waals surface area contributed by atoms with E-state index >= 15 is 0 Å². The molecule has 0 aliphatic heterocycles. The SMILES string of the molecule is CCCOC(=O)C(CC(C)(C)CC)(C(F)(F)F)C(C)(C)CC. The predicted octanol–water partition coefficient (Wildman–Crippen LogP) is 5.75. The van der Waals surface area contributed by atoms with Crippen LogP contribution in [0.2, 0.25) is 0 Å². The highest BCUT2D eigenvalue weighted by Crippen LogP contribution is 2.59. The molecule has 0 N–H and O–H groups in total. The Balaban J connectivity index is 6.14. The van der Waals surface area contributed by atoms with Crippen LogP contribution in [0.4, 0.5) is 13.2 Å². The van der Waals surface area contributed by atoms with Crippen molar-refractivity contribution in [3.05, 3.63) is 0 Å². The molecule has 0 fully saturated rings. The summed E-state index contributed by atoms with van der Waals surface area (Å²) >= 11 is 0. The van der Waals surface area contributed by atoms with Gasteiger partial charge in [-0.2, -0.15) is 13.2 Å². The second-order valence-electron chi connectivity index (χ2n) is 7.47. The molecule has 1 atom stereocenters. The van der Waals surface area contributed by atoms with Crippen molar-refractivity contribution in [3.63, 3.8) is 0 Å². The first kappa shape index (κ1) is 21.3. The highest BCUT2D eigenvalue weighted by atomic mass is 19.4. The van der Waals surface area contributed by atoms with Crippen LogP contribution in [0.5, 0.6) is 0 Å². The largest absolute Gasteiger partial charge is 0.465 e. The summed E-state index contributed by atoms with van der Waals surface area (Å²) in [5.74, 6) is -1.13. The molecule has 0 aliphatic carbocycles. The number of hydrogen-bond acceptors (Lipinski definition) is 2. The van der Waals surface area contributed by atoms with Crippen LogP contribution in [-0.2, 0) is 9.53 Å². The Labute approximate surface area is 132 Å². The lowest BCUT2D eigenvalue weighted by atomic mass is 9.57. The van der Waals surface area contributed by atoms with Crippen molar-refractivity contribution >= 4 is 5.97 Å². The van der Waals surface area contributed by atoms with E-state index in [0.717, 1.165) is 0 Å². The van der Waals surface area contributed by atoms with Gasteiger partial charge in [0, 0.05) is 0 Å². The van der Waals surface area contributed by atoms with Gasteiger partial charge in [-0.3, -0.25) is 4.79 Å². The minimum Gasteiger partial charge on any atom is -0.465 e. The minimum absolute atomic E-state index is 0.0169. The highest BCUT2D eigenvalue weighted by Gasteiger charge is 2.69. The molecule has 0 rings (SSSR count). The first-order valence-electron chi connectivity index (χ1n) is 8.05. The summed E-state index contributed by atoms with van der Waals surface area (Å²) in [5.41, 5.74) is -4.32. The van der Waals surface area contributed by atoms with Crippen molar-refractivity contribution in [3.8, 4) is 0 Å². The van der Waals surface area contributed by atoms with Crippen molar-refractivity contribution in [1.29, 1.82) is 0 Å². The van der Waals surface area contributed by atoms with Crippen molar-refractivity contribution in [2.75, 3.05) is 6.61 Å². The first-order chi connectivity index (χ1) is 9.81. The van der Waals surface area contributed by atoms with E-state index in [1.807, 2.05) is 6.92 Å². The van der Waals surface area contributed by atoms with Gasteiger partial charge in [-0.25, -0.2) is 0 Å². The number of carbonyl (C=O) groups excluding carboxylic acids is 1. The summed E-state index contributed by atoms with van der Waals surface area (Å²) in [7, 11) is 0. The lowest BCUT2D eigenvalue weighted by molar-refractivity contribution is -0.273. The van der Waals surface area contributed by atoms with Crippen LogP contribution in [0.25, 0.3) is 0 Å². The van der Waals surface area contributed by atoms with Gasteiger partial charge in [-0.15, -0.1) is 0 Å². The maximum Gasteiger partial charge on any atom is 0.405 e. The van der Waals surface area contributed by atoms with Crippen LogP contribution in [0.1, 0.15) is 74.1 Å². The topological polar surface area (TPSA) is 26.3 Å². The van der Waals surface area contributed by atoms with Gasteiger partial charge in [-0.05, 0) is 30.1 Å². The molecule has 2 nitrogen and oxygen atoms in total. The number of halogens is 3. The van der Waals surface area contributed by atoms with Gasteiger partial charge in [0.1, 0.15) is 0 Å². The molecule has 0 saturated carbocycles. The van der Waals surface area contributed by atoms with E-state index in [2.05, 4.69) is 0 Å². The summed E-state index contributed by atoms with van der Waals surface area (Å²) in [6.45, 7) is 11.9. The Kier molecular flexibility index (Phi) is 6.98. The molecule has 0 aromatic rings. The quantitative estimate of drug-likeness (QED) is 0.531. The molecular weight excluding hydrogens is 293 g/mol. The number of alkyl halides is 3. The molecule has 5 heteroatoms. The maximum atomic E-state index is 14.1. The van der Waals surface area contributed by atoms with E-state index in [-0.39, 0.29) is 19.4 Å². The molecule has 132 valence electrons. The minimum atomic E-state index is -4.65. The normalized spacial score (nSPS) is 16.3. The Morgan fingerprint density at radius 3 is 1.77 bits per heavy atom. The fourth-order valence-electron chi connectivity index (χ4n) is 2.65. The van der Waals surface area contributed by atoms with E-state index in [0.29, 0.717) is 12.8 Å². The average Bonchev–Trinajstić information content (AvgIpc) is 2.40. The van der Waals surface area contributed by atoms with Gasteiger partial charge in [0.15, 0.2) is 5.41 Å². The van der Waals surface area contributed by atoms with Gasteiger partial charge < -0.3 is 4.74 Å². The fraction of sp³-hybridized carbons (Fsp3) is 0.941. The second kappa shape index (κ2) is 7.22. The molecule has 0 spiro atoms. The summed E-state index contributed by atoms with van der Waals surface area (Å²) in [6, 6.07) is 0. The third kappa shape index (κ3) is 4.17. The van der Waals surface area contributed by atoms with Crippen LogP contribution in [0.15, 0.2) is 0 Å². The third-order valence-electron chi connectivity index (χ3n) is 5.01. The molecule has 0 aliphatic rings. The van der Waals surface area contributed by atoms with E-state index < -0.39 is 28.4 Å². The summed E-state index contributed by atoms with van der Waals surface area (Å²) in [5, 5.41) is 0. The van der Waals surface area contributed by atoms with Crippen LogP contribution in [0.3, 0.4) is 0 Å². The molecule has 0 heterocycles. The van der Waals surface area contributed by atoms with Gasteiger partial charge in [0.25, 0.3) is 0 Å². The Morgan fingerprint density at radius 2 is 1.45 bits per heavy atom. The lowest BCUT2D eigenvalue weighted by Crippen LogP contribution is -2.57. The van der Waals surface area contributed by atoms with E-state index in [9.17, 15) is 18.0 Å². The fourth-order valence-corrected chi connectivity index (χ4v) is 2.65. The molecule has 1 unspecified atom stereocenters. The molecular formula is C17H31F3O2. The predicted molar refractivity (Wildman–Crippen MR) is 82.5 cm³/mol. The van der Waals surface area contributed by atoms with E-state index in [1.165, 1.54) is 13.8 Å². The first-order valence-corrected chi connectivity index (χ1v) is 8.05. The molecule has 0 amide bonds. The third-order valence-corrected chi connectivity index (χ3v) is 5.01. The molecule has 0 aromatic carbocycles. The molecule has 0 saturated heterocycles. The Bertz CT molecular complexity index is 373. The maximum absolute atomic E-state index is 14.1. The van der Waals surface area contributed by atoms with Gasteiger partial charge in [0.2, 0.25) is 0 Å². The lowest BCUT2D eigenvalue weighted by Gasteiger charge is -2.48. The number of ether oxygens (including phenoxy) is 1. The monoisotopic (exact) mass is 324 g/mol.